The van der Waals surface area contributed by atoms with E-state index in [9.17, 15) is 4.79 Å². The van der Waals surface area contributed by atoms with Gasteiger partial charge in [0.05, 0.1) is 5.02 Å². The fourth-order valence-electron chi connectivity index (χ4n) is 1.66. The fraction of sp³-hybridized carbons (Fsp3) is 0.533. The smallest absolute Gasteiger partial charge is 0.293 e. The molecule has 1 atom stereocenters. The van der Waals surface area contributed by atoms with Gasteiger partial charge in [-0.15, -0.1) is 0 Å². The highest BCUT2D eigenvalue weighted by Crippen LogP contribution is 2.28. The number of halogens is 1. The molecular weight excluding hydrogens is 292 g/mol. The molecule has 0 radical (unpaired) electrons. The van der Waals surface area contributed by atoms with Crippen LogP contribution in [0.15, 0.2) is 18.2 Å². The van der Waals surface area contributed by atoms with Crippen LogP contribution in [0.25, 0.3) is 0 Å². The van der Waals surface area contributed by atoms with Crippen molar-refractivity contribution in [3.05, 3.63) is 23.2 Å². The van der Waals surface area contributed by atoms with Gasteiger partial charge >= 0.3 is 0 Å². The van der Waals surface area contributed by atoms with Gasteiger partial charge in [0.1, 0.15) is 17.5 Å². The molecule has 0 amide bonds. The number of nitrogens with one attached hydrogen (secondary N) is 1. The number of hydrogen-bond donors (Lipinski definition) is 2. The molecule has 0 spiro atoms. The first-order valence-electron chi connectivity index (χ1n) is 6.85. The summed E-state index contributed by atoms with van der Waals surface area (Å²) < 4.78 is 10.3. The third-order valence-corrected chi connectivity index (χ3v) is 2.98. The van der Waals surface area contributed by atoms with E-state index in [0.717, 1.165) is 19.5 Å². The van der Waals surface area contributed by atoms with Gasteiger partial charge in [0.2, 0.25) is 0 Å². The van der Waals surface area contributed by atoms with Gasteiger partial charge in [-0.25, -0.2) is 0 Å². The minimum atomic E-state index is -0.318. The number of ether oxygens (including phenoxy) is 2. The number of anilines is 1. The Morgan fingerprint density at radius 1 is 1.43 bits per heavy atom. The van der Waals surface area contributed by atoms with Crippen LogP contribution in [-0.4, -0.2) is 31.3 Å². The lowest BCUT2D eigenvalue weighted by atomic mass is 10.2. The van der Waals surface area contributed by atoms with E-state index < -0.39 is 0 Å². The van der Waals surface area contributed by atoms with Crippen molar-refractivity contribution >= 4 is 23.8 Å². The molecule has 21 heavy (non-hydrogen) atoms. The Kier molecular flexibility index (Phi) is 6.78. The summed E-state index contributed by atoms with van der Waals surface area (Å²) in [6.45, 7) is 7.81. The van der Waals surface area contributed by atoms with Crippen molar-refractivity contribution in [3.63, 3.8) is 0 Å². The van der Waals surface area contributed by atoms with E-state index in [1.807, 2.05) is 20.8 Å². The van der Waals surface area contributed by atoms with Crippen molar-refractivity contribution in [3.8, 4) is 5.75 Å². The molecule has 0 aromatic heterocycles. The summed E-state index contributed by atoms with van der Waals surface area (Å²) in [7, 11) is 0. The molecule has 6 heteroatoms. The van der Waals surface area contributed by atoms with E-state index in [4.69, 9.17) is 22.1 Å². The van der Waals surface area contributed by atoms with E-state index in [2.05, 4.69) is 10.1 Å². The Morgan fingerprint density at radius 2 is 2.14 bits per heavy atom. The molecule has 1 aliphatic rings. The van der Waals surface area contributed by atoms with Gasteiger partial charge < -0.3 is 20.5 Å². The fourth-order valence-corrected chi connectivity index (χ4v) is 1.83. The Hall–Kier alpha value is -1.46. The maximum atomic E-state index is 9.60. The maximum absolute atomic E-state index is 9.60. The van der Waals surface area contributed by atoms with Crippen molar-refractivity contribution in [2.75, 3.05) is 18.8 Å². The first-order valence-corrected chi connectivity index (χ1v) is 7.23. The topological polar surface area (TPSA) is 73.6 Å². The number of benzene rings is 1. The summed E-state index contributed by atoms with van der Waals surface area (Å²) in [6.07, 6.45) is 1.24. The van der Waals surface area contributed by atoms with Gasteiger partial charge in [0.15, 0.2) is 0 Å². The Bertz CT molecular complexity index is 455. The Labute approximate surface area is 130 Å². The second-order valence-electron chi connectivity index (χ2n) is 5.75. The van der Waals surface area contributed by atoms with Crippen LogP contribution in [0.5, 0.6) is 5.75 Å². The van der Waals surface area contributed by atoms with Crippen molar-refractivity contribution < 1.29 is 14.3 Å². The number of hydrogen-bond acceptors (Lipinski definition) is 5. The second kappa shape index (κ2) is 8.10. The van der Waals surface area contributed by atoms with Crippen molar-refractivity contribution in [1.29, 1.82) is 0 Å². The predicted molar refractivity (Wildman–Crippen MR) is 84.7 cm³/mol. The van der Waals surface area contributed by atoms with Crippen LogP contribution in [0.4, 0.5) is 5.69 Å². The van der Waals surface area contributed by atoms with Crippen LogP contribution in [0, 0.1) is 0 Å². The first-order chi connectivity index (χ1) is 9.81. The van der Waals surface area contributed by atoms with Gasteiger partial charge in [0.25, 0.3) is 6.47 Å². The van der Waals surface area contributed by atoms with Crippen LogP contribution in [0.2, 0.25) is 5.02 Å². The number of nitrogen functional groups attached to an aromatic ring is 1. The predicted octanol–water partition coefficient (Wildman–Crippen LogP) is 2.62. The lowest BCUT2D eigenvalue weighted by molar-refractivity contribution is -0.138. The van der Waals surface area contributed by atoms with Gasteiger partial charge in [-0.2, -0.15) is 0 Å². The molecule has 1 fully saturated rings. The SMILES string of the molecule is CC(C)(C)OC=O.Nc1ccc(Cl)c(O[C@@H]2CCNC2)c1. The van der Waals surface area contributed by atoms with E-state index in [1.165, 1.54) is 0 Å². The molecule has 5 nitrogen and oxygen atoms in total. The Balaban J connectivity index is 0.000000270. The monoisotopic (exact) mass is 314 g/mol. The molecular formula is C15H23ClN2O3. The van der Waals surface area contributed by atoms with E-state index in [-0.39, 0.29) is 11.7 Å². The summed E-state index contributed by atoms with van der Waals surface area (Å²) in [6, 6.07) is 5.29. The van der Waals surface area contributed by atoms with Crippen LogP contribution in [0.1, 0.15) is 27.2 Å². The van der Waals surface area contributed by atoms with Crippen molar-refractivity contribution in [1.82, 2.24) is 5.32 Å². The largest absolute Gasteiger partial charge is 0.487 e. The van der Waals surface area contributed by atoms with Crippen LogP contribution in [0.3, 0.4) is 0 Å². The van der Waals surface area contributed by atoms with Gasteiger partial charge in [-0.3, -0.25) is 4.79 Å². The molecule has 1 aromatic rings. The van der Waals surface area contributed by atoms with E-state index in [0.29, 0.717) is 22.9 Å². The molecule has 1 heterocycles. The summed E-state index contributed by atoms with van der Waals surface area (Å²) >= 11 is 5.97. The maximum Gasteiger partial charge on any atom is 0.293 e. The lowest BCUT2D eigenvalue weighted by Crippen LogP contribution is -2.19. The molecule has 3 N–H and O–H groups in total. The summed E-state index contributed by atoms with van der Waals surface area (Å²) in [5, 5.41) is 3.84. The zero-order valence-corrected chi connectivity index (χ0v) is 13.4. The highest BCUT2D eigenvalue weighted by atomic mass is 35.5. The van der Waals surface area contributed by atoms with Gasteiger partial charge in [-0.05, 0) is 45.9 Å². The minimum Gasteiger partial charge on any atom is -0.487 e. The molecule has 1 aromatic carbocycles. The van der Waals surface area contributed by atoms with E-state index in [1.54, 1.807) is 18.2 Å². The van der Waals surface area contributed by atoms with Crippen LogP contribution in [-0.2, 0) is 9.53 Å². The molecule has 0 unspecified atom stereocenters. The zero-order chi connectivity index (χ0) is 15.9. The third kappa shape index (κ3) is 7.20. The summed E-state index contributed by atoms with van der Waals surface area (Å²) in [5.41, 5.74) is 6.01. The molecule has 2 rings (SSSR count). The standard InChI is InChI=1S/C10H13ClN2O.C5H10O2/c11-9-2-1-7(12)5-10(9)14-8-3-4-13-6-8;1-5(2,3)7-4-6/h1-2,5,8,13H,3-4,6,12H2;4H,1-3H3/t8-;/m1./s1. The zero-order valence-electron chi connectivity index (χ0n) is 12.7. The van der Waals surface area contributed by atoms with E-state index >= 15 is 0 Å². The summed E-state index contributed by atoms with van der Waals surface area (Å²) in [4.78, 5) is 9.60. The highest BCUT2D eigenvalue weighted by molar-refractivity contribution is 6.32. The van der Waals surface area contributed by atoms with Crippen LogP contribution < -0.4 is 15.8 Å². The van der Waals surface area contributed by atoms with Crippen molar-refractivity contribution in [2.24, 2.45) is 0 Å². The number of nitrogens with two attached hydrogens (primary N) is 1. The van der Waals surface area contributed by atoms with Crippen LogP contribution >= 0.6 is 11.6 Å². The second-order valence-corrected chi connectivity index (χ2v) is 6.16. The van der Waals surface area contributed by atoms with Crippen molar-refractivity contribution in [2.45, 2.75) is 38.9 Å². The molecule has 118 valence electrons. The minimum absolute atomic E-state index is 0.217. The normalized spacial score (nSPS) is 17.6. The summed E-state index contributed by atoms with van der Waals surface area (Å²) in [5.74, 6) is 0.681. The third-order valence-electron chi connectivity index (χ3n) is 2.67. The molecule has 1 aliphatic heterocycles. The first kappa shape index (κ1) is 17.6. The average molecular weight is 315 g/mol. The molecule has 0 aliphatic carbocycles. The quantitative estimate of drug-likeness (QED) is 0.662. The Morgan fingerprint density at radius 3 is 2.62 bits per heavy atom. The molecule has 0 bridgehead atoms. The average Bonchev–Trinajstić information content (AvgIpc) is 2.86. The van der Waals surface area contributed by atoms with Gasteiger partial charge in [0, 0.05) is 18.3 Å². The molecule has 0 saturated carbocycles. The number of carbonyl (C=O) groups is 1. The highest BCUT2D eigenvalue weighted by Gasteiger charge is 2.17. The number of rotatable bonds is 3. The van der Waals surface area contributed by atoms with Gasteiger partial charge in [-0.1, -0.05) is 11.6 Å². The number of carbonyl (C=O) groups excluding carboxylic acids is 1. The molecule has 1 saturated heterocycles. The lowest BCUT2D eigenvalue weighted by Gasteiger charge is -2.14.